The van der Waals surface area contributed by atoms with Crippen LogP contribution in [0.2, 0.25) is 0 Å². The van der Waals surface area contributed by atoms with Gasteiger partial charge in [0.25, 0.3) is 0 Å². The first kappa shape index (κ1) is 24.0. The molecule has 4 heterocycles. The number of methoxy groups -OCH3 is 2. The van der Waals surface area contributed by atoms with Crippen molar-refractivity contribution in [2.24, 2.45) is 18.6 Å². The van der Waals surface area contributed by atoms with E-state index in [9.17, 15) is 14.4 Å². The molecule has 0 radical (unpaired) electrons. The van der Waals surface area contributed by atoms with Crippen LogP contribution in [0.15, 0.2) is 23.1 Å². The van der Waals surface area contributed by atoms with Crippen LogP contribution >= 0.6 is 0 Å². The molecule has 6 rings (SSSR count). The number of aromatic nitrogens is 6. The zero-order valence-corrected chi connectivity index (χ0v) is 24.6. The lowest BCUT2D eigenvalue weighted by Crippen LogP contribution is -2.37. The van der Waals surface area contributed by atoms with E-state index in [4.69, 9.17) is 25.9 Å². The van der Waals surface area contributed by atoms with E-state index < -0.39 is 48.4 Å². The van der Waals surface area contributed by atoms with Crippen molar-refractivity contribution in [3.05, 3.63) is 40.2 Å². The molecule has 5 unspecified atom stereocenters. The lowest BCUT2D eigenvalue weighted by atomic mass is 10.1. The second kappa shape index (κ2) is 10.4. The van der Waals surface area contributed by atoms with Crippen LogP contribution in [0.3, 0.4) is 0 Å². The number of carbonyl (C=O) groups is 2. The molecule has 4 N–H and O–H groups in total. The van der Waals surface area contributed by atoms with Gasteiger partial charge in [0.15, 0.2) is 5.65 Å². The first-order chi connectivity index (χ1) is 22.0. The highest BCUT2D eigenvalue weighted by Gasteiger charge is 2.60. The van der Waals surface area contributed by atoms with Gasteiger partial charge in [-0.1, -0.05) is 6.92 Å². The van der Waals surface area contributed by atoms with E-state index in [0.29, 0.717) is 40.2 Å². The highest BCUT2D eigenvalue weighted by Crippen LogP contribution is 2.52. The molecule has 2 aliphatic carbocycles. The van der Waals surface area contributed by atoms with Crippen LogP contribution in [0.25, 0.3) is 22.2 Å². The summed E-state index contributed by atoms with van der Waals surface area (Å²) in [6.45, 7) is 2.84. The molecular formula is C29H37N9O5. The standard InChI is InChI=1S/C29H37N9O5/c1-14-9-22(34-25-23(14)35-24(16(3)42-5)38(25)29(26(30)39)12-15(29)2)33-21-11-19-20(13-31-21)36(4)28(41)37(19)18-8-7-17(10-18)32-27(40)43-6/h9,11,13,15-18H,7-8,10,12H2,1-6H3,(H2,30,39)(H,32,40)(H,31,33,34)/i4D3,17D. The molecule has 0 spiro atoms. The van der Waals surface area contributed by atoms with Gasteiger partial charge >= 0.3 is 11.8 Å². The maximum atomic E-state index is 13.6. The number of hydrogen-bond acceptors (Lipinski definition) is 9. The third kappa shape index (κ3) is 4.51. The number of nitrogens with zero attached hydrogens (tertiary/aromatic N) is 6. The Hall–Kier alpha value is -4.46. The van der Waals surface area contributed by atoms with Crippen LogP contribution in [0.4, 0.5) is 16.4 Å². The molecule has 14 nitrogen and oxygen atoms in total. The summed E-state index contributed by atoms with van der Waals surface area (Å²) < 4.78 is 46.9. The third-order valence-corrected chi connectivity index (χ3v) is 8.75. The number of pyridine rings is 2. The number of rotatable bonds is 8. The van der Waals surface area contributed by atoms with Gasteiger partial charge in [-0.15, -0.1) is 0 Å². The highest BCUT2D eigenvalue weighted by atomic mass is 16.5. The highest BCUT2D eigenvalue weighted by molar-refractivity contribution is 5.90. The number of carbonyl (C=O) groups excluding carboxylic acids is 2. The molecule has 43 heavy (non-hydrogen) atoms. The van der Waals surface area contributed by atoms with Crippen molar-refractivity contribution in [2.75, 3.05) is 19.5 Å². The molecule has 2 aliphatic rings. The predicted octanol–water partition coefficient (Wildman–Crippen LogP) is 2.91. The van der Waals surface area contributed by atoms with Crippen LogP contribution in [0.5, 0.6) is 0 Å². The van der Waals surface area contributed by atoms with Gasteiger partial charge in [-0.2, -0.15) is 0 Å². The van der Waals surface area contributed by atoms with E-state index in [1.165, 1.54) is 17.9 Å². The van der Waals surface area contributed by atoms with Crippen molar-refractivity contribution in [2.45, 2.75) is 70.2 Å². The molecule has 4 aromatic rings. The van der Waals surface area contributed by atoms with Crippen LogP contribution in [0, 0.1) is 12.8 Å². The number of primary amides is 1. The summed E-state index contributed by atoms with van der Waals surface area (Å²) in [5, 5.41) is 5.68. The van der Waals surface area contributed by atoms with Gasteiger partial charge in [0.2, 0.25) is 5.91 Å². The summed E-state index contributed by atoms with van der Waals surface area (Å²) in [5.41, 5.74) is 6.32. The van der Waals surface area contributed by atoms with Crippen molar-refractivity contribution in [1.82, 2.24) is 34.0 Å². The van der Waals surface area contributed by atoms with E-state index in [0.717, 1.165) is 5.56 Å². The van der Waals surface area contributed by atoms with E-state index in [-0.39, 0.29) is 35.6 Å². The van der Waals surface area contributed by atoms with Crippen LogP contribution in [-0.2, 0) is 26.8 Å². The number of alkyl carbamates (subject to hydrolysis) is 1. The molecule has 2 saturated carbocycles. The number of amides is 2. The minimum Gasteiger partial charge on any atom is -0.453 e. The Morgan fingerprint density at radius 1 is 1.23 bits per heavy atom. The summed E-state index contributed by atoms with van der Waals surface area (Å²) in [6, 6.07) is 1.34. The fourth-order valence-electron chi connectivity index (χ4n) is 6.25. The summed E-state index contributed by atoms with van der Waals surface area (Å²) in [4.78, 5) is 52.4. The zero-order chi connectivity index (χ0) is 34.2. The van der Waals surface area contributed by atoms with E-state index in [2.05, 4.69) is 20.4 Å². The molecule has 2 amide bonds. The number of ether oxygens (including phenoxy) is 2. The molecule has 14 heteroatoms. The van der Waals surface area contributed by atoms with E-state index in [1.807, 2.05) is 20.8 Å². The zero-order valence-electron chi connectivity index (χ0n) is 28.6. The van der Waals surface area contributed by atoms with E-state index >= 15 is 0 Å². The Kier molecular flexibility index (Phi) is 5.79. The molecule has 0 aromatic carbocycles. The molecule has 0 bridgehead atoms. The first-order valence-corrected chi connectivity index (χ1v) is 14.0. The molecule has 228 valence electrons. The Balaban J connectivity index is 1.45. The van der Waals surface area contributed by atoms with Crippen molar-refractivity contribution >= 4 is 45.8 Å². The minimum absolute atomic E-state index is 0.0390. The van der Waals surface area contributed by atoms with Gasteiger partial charge in [0, 0.05) is 36.3 Å². The number of anilines is 2. The molecule has 2 fully saturated rings. The van der Waals surface area contributed by atoms with Crippen molar-refractivity contribution in [3.63, 3.8) is 0 Å². The lowest BCUT2D eigenvalue weighted by Gasteiger charge is -2.21. The number of imidazole rings is 2. The quantitative estimate of drug-likeness (QED) is 0.277. The number of fused-ring (bicyclic) bond motifs is 2. The maximum absolute atomic E-state index is 13.6. The van der Waals surface area contributed by atoms with Crippen molar-refractivity contribution < 1.29 is 24.5 Å². The van der Waals surface area contributed by atoms with Crippen molar-refractivity contribution in [1.29, 1.82) is 0 Å². The second-order valence-corrected chi connectivity index (χ2v) is 11.4. The summed E-state index contributed by atoms with van der Waals surface area (Å²) in [5.74, 6) is 0.634. The third-order valence-electron chi connectivity index (χ3n) is 8.75. The van der Waals surface area contributed by atoms with Crippen molar-refractivity contribution in [3.8, 4) is 0 Å². The first-order valence-electron chi connectivity index (χ1n) is 16.0. The van der Waals surface area contributed by atoms with Gasteiger partial charge in [-0.3, -0.25) is 18.5 Å². The SMILES string of the molecule is [2H]C1(NC(=O)OC)CCC(n2c(=O)n(C([2H])([2H])[2H])c3cnc(Nc4cc(C)c5nc(C(C)OC)n(C6(C(N)=O)CC6C)c5n4)cc32)C1. The number of nitrogens with two attached hydrogens (primary N) is 1. The maximum Gasteiger partial charge on any atom is 0.407 e. The predicted molar refractivity (Wildman–Crippen MR) is 159 cm³/mol. The smallest absolute Gasteiger partial charge is 0.407 e. The Morgan fingerprint density at radius 3 is 2.65 bits per heavy atom. The molecular weight excluding hydrogens is 554 g/mol. The van der Waals surface area contributed by atoms with Crippen LogP contribution in [0.1, 0.15) is 68.5 Å². The summed E-state index contributed by atoms with van der Waals surface area (Å²) >= 11 is 0. The van der Waals surface area contributed by atoms with Gasteiger partial charge in [-0.05, 0) is 57.1 Å². The molecule has 0 saturated heterocycles. The average Bonchev–Trinajstić information content (AvgIpc) is 3.25. The molecule has 0 aliphatic heterocycles. The normalized spacial score (nSPS) is 27.3. The summed E-state index contributed by atoms with van der Waals surface area (Å²) in [6.07, 6.45) is 1.23. The Bertz CT molecular complexity index is 1990. The average molecular weight is 596 g/mol. The Morgan fingerprint density at radius 2 is 2.00 bits per heavy atom. The number of hydrogen-bond donors (Lipinski definition) is 3. The van der Waals surface area contributed by atoms with E-state index in [1.54, 1.807) is 23.8 Å². The van der Waals surface area contributed by atoms with Gasteiger partial charge in [0.05, 0.1) is 25.7 Å². The monoisotopic (exact) mass is 595 g/mol. The fraction of sp³-hybridized carbons (Fsp3) is 0.517. The molecule has 5 atom stereocenters. The number of aryl methyl sites for hydroxylation is 2. The Labute approximate surface area is 253 Å². The van der Waals surface area contributed by atoms with Gasteiger partial charge < -0.3 is 25.8 Å². The van der Waals surface area contributed by atoms with Crippen LogP contribution < -0.4 is 22.1 Å². The van der Waals surface area contributed by atoms with Gasteiger partial charge in [0.1, 0.15) is 34.6 Å². The lowest BCUT2D eigenvalue weighted by molar-refractivity contribution is -0.122. The molecule has 4 aromatic heterocycles. The number of nitrogens with one attached hydrogen (secondary N) is 2. The van der Waals surface area contributed by atoms with Gasteiger partial charge in [-0.25, -0.2) is 24.5 Å². The fourth-order valence-corrected chi connectivity index (χ4v) is 6.25. The second-order valence-electron chi connectivity index (χ2n) is 11.4. The minimum atomic E-state index is -2.80. The topological polar surface area (TPSA) is 173 Å². The largest absolute Gasteiger partial charge is 0.453 e. The summed E-state index contributed by atoms with van der Waals surface area (Å²) in [7, 11) is 2.76. The van der Waals surface area contributed by atoms with Crippen LogP contribution in [-0.4, -0.2) is 60.9 Å².